The van der Waals surface area contributed by atoms with Crippen molar-refractivity contribution in [1.29, 1.82) is 0 Å². The number of hydrogen-bond donors (Lipinski definition) is 3. The molecule has 1 aliphatic rings. The summed E-state index contributed by atoms with van der Waals surface area (Å²) in [6.07, 6.45) is 1.70. The number of amides is 3. The number of para-hydroxylation sites is 1. The molecule has 0 saturated carbocycles. The molecule has 3 amide bonds. The minimum absolute atomic E-state index is 0.0941. The number of hydrogen-bond acceptors (Lipinski definition) is 5. The van der Waals surface area contributed by atoms with Gasteiger partial charge >= 0.3 is 0 Å². The van der Waals surface area contributed by atoms with Gasteiger partial charge in [0.25, 0.3) is 5.91 Å². The number of aldehydes is 1. The first-order valence-electron chi connectivity index (χ1n) is 10.9. The van der Waals surface area contributed by atoms with Gasteiger partial charge in [-0.05, 0) is 30.5 Å². The predicted octanol–water partition coefficient (Wildman–Crippen LogP) is 1.98. The van der Waals surface area contributed by atoms with Crippen molar-refractivity contribution < 1.29 is 23.6 Å². The molecule has 2 aromatic carbocycles. The van der Waals surface area contributed by atoms with Gasteiger partial charge in [0.2, 0.25) is 11.8 Å². The minimum Gasteiger partial charge on any atom is -0.451 e. The van der Waals surface area contributed by atoms with E-state index in [4.69, 9.17) is 4.42 Å². The second-order valence-electron chi connectivity index (χ2n) is 8.13. The number of benzene rings is 2. The first-order valence-corrected chi connectivity index (χ1v) is 10.9. The number of carbonyl (C=O) groups is 4. The highest BCUT2D eigenvalue weighted by molar-refractivity contribution is 5.99. The molecule has 0 radical (unpaired) electrons. The third-order valence-electron chi connectivity index (χ3n) is 5.75. The number of nitrogens with one attached hydrogen (secondary N) is 3. The van der Waals surface area contributed by atoms with Gasteiger partial charge in [-0.3, -0.25) is 14.4 Å². The van der Waals surface area contributed by atoms with Crippen LogP contribution in [0.1, 0.15) is 29.0 Å². The van der Waals surface area contributed by atoms with E-state index in [1.165, 1.54) is 0 Å². The first kappa shape index (κ1) is 22.3. The quantitative estimate of drug-likeness (QED) is 0.434. The number of fused-ring (bicyclic) bond motifs is 1. The van der Waals surface area contributed by atoms with E-state index in [1.807, 2.05) is 48.5 Å². The molecule has 0 aliphatic carbocycles. The Morgan fingerprint density at radius 3 is 2.55 bits per heavy atom. The molecule has 8 nitrogen and oxygen atoms in total. The lowest BCUT2D eigenvalue weighted by molar-refractivity contribution is -0.127. The van der Waals surface area contributed by atoms with Gasteiger partial charge in [0.1, 0.15) is 17.9 Å². The fourth-order valence-electron chi connectivity index (χ4n) is 3.99. The van der Waals surface area contributed by atoms with Gasteiger partial charge in [0.05, 0.1) is 6.04 Å². The third kappa shape index (κ3) is 5.46. The smallest absolute Gasteiger partial charge is 0.287 e. The van der Waals surface area contributed by atoms with Crippen LogP contribution in [0.3, 0.4) is 0 Å². The monoisotopic (exact) mass is 447 g/mol. The zero-order chi connectivity index (χ0) is 23.2. The molecule has 0 bridgehead atoms. The van der Waals surface area contributed by atoms with E-state index in [-0.39, 0.29) is 30.4 Å². The largest absolute Gasteiger partial charge is 0.451 e. The van der Waals surface area contributed by atoms with Crippen molar-refractivity contribution in [3.05, 3.63) is 72.0 Å². The van der Waals surface area contributed by atoms with Crippen LogP contribution in [0.2, 0.25) is 0 Å². The molecular weight excluding hydrogens is 422 g/mol. The summed E-state index contributed by atoms with van der Waals surface area (Å²) >= 11 is 0. The van der Waals surface area contributed by atoms with E-state index < -0.39 is 23.9 Å². The minimum atomic E-state index is -0.937. The highest BCUT2D eigenvalue weighted by Gasteiger charge is 2.30. The maximum atomic E-state index is 13.1. The Hall–Kier alpha value is -3.94. The van der Waals surface area contributed by atoms with Crippen LogP contribution in [0.5, 0.6) is 0 Å². The van der Waals surface area contributed by atoms with E-state index in [2.05, 4.69) is 16.0 Å². The second kappa shape index (κ2) is 10.1. The molecule has 1 unspecified atom stereocenters. The average molecular weight is 447 g/mol. The van der Waals surface area contributed by atoms with E-state index in [1.54, 1.807) is 12.1 Å². The van der Waals surface area contributed by atoms with Crippen LogP contribution in [0, 0.1) is 5.92 Å². The standard InChI is InChI=1S/C25H25N3O5/c29-15-19(13-18-10-11-26-23(18)30)27-24(31)20(12-16-6-2-1-3-7-16)28-25(32)22-14-17-8-4-5-9-21(17)33-22/h1-9,14-15,18-20H,10-13H2,(H,26,30)(H,27,31)(H,28,32)/t18-,19?,20-/m0/s1. The van der Waals surface area contributed by atoms with E-state index in [0.717, 1.165) is 10.9 Å². The highest BCUT2D eigenvalue weighted by atomic mass is 16.3. The molecule has 170 valence electrons. The molecule has 3 N–H and O–H groups in total. The van der Waals surface area contributed by atoms with Crippen molar-refractivity contribution in [2.24, 2.45) is 5.92 Å². The van der Waals surface area contributed by atoms with E-state index in [9.17, 15) is 19.2 Å². The number of rotatable bonds is 9. The van der Waals surface area contributed by atoms with Crippen molar-refractivity contribution in [3.8, 4) is 0 Å². The highest BCUT2D eigenvalue weighted by Crippen LogP contribution is 2.19. The molecule has 3 atom stereocenters. The number of carbonyl (C=O) groups excluding carboxylic acids is 4. The molecule has 8 heteroatoms. The summed E-state index contributed by atoms with van der Waals surface area (Å²) in [4.78, 5) is 49.5. The molecule has 0 spiro atoms. The summed E-state index contributed by atoms with van der Waals surface area (Å²) in [5.74, 6) is -1.37. The van der Waals surface area contributed by atoms with Crippen LogP contribution in [0.15, 0.2) is 65.1 Å². The van der Waals surface area contributed by atoms with Gasteiger partial charge in [-0.2, -0.15) is 0 Å². The fourth-order valence-corrected chi connectivity index (χ4v) is 3.99. The molecule has 1 fully saturated rings. The molecule has 1 aromatic heterocycles. The molecule has 1 aliphatic heterocycles. The van der Waals surface area contributed by atoms with Crippen LogP contribution in [-0.4, -0.2) is 42.6 Å². The van der Waals surface area contributed by atoms with Crippen molar-refractivity contribution in [3.63, 3.8) is 0 Å². The summed E-state index contributed by atoms with van der Waals surface area (Å²) in [6.45, 7) is 0.563. The van der Waals surface area contributed by atoms with Gasteiger partial charge in [-0.25, -0.2) is 0 Å². The van der Waals surface area contributed by atoms with Crippen LogP contribution in [-0.2, 0) is 20.8 Å². The zero-order valence-electron chi connectivity index (χ0n) is 18.0. The average Bonchev–Trinajstić information content (AvgIpc) is 3.44. The SMILES string of the molecule is O=CC(C[C@@H]1CCNC1=O)NC(=O)[C@H](Cc1ccccc1)NC(=O)c1cc2ccccc2o1. The van der Waals surface area contributed by atoms with Gasteiger partial charge in [-0.15, -0.1) is 0 Å². The van der Waals surface area contributed by atoms with E-state index in [0.29, 0.717) is 24.8 Å². The van der Waals surface area contributed by atoms with Gasteiger partial charge < -0.3 is 25.2 Å². The maximum absolute atomic E-state index is 13.1. The first-order chi connectivity index (χ1) is 16.0. The van der Waals surface area contributed by atoms with Crippen LogP contribution in [0.4, 0.5) is 0 Å². The molecule has 1 saturated heterocycles. The Balaban J connectivity index is 1.49. The summed E-state index contributed by atoms with van der Waals surface area (Å²) in [6, 6.07) is 16.4. The van der Waals surface area contributed by atoms with Crippen LogP contribution < -0.4 is 16.0 Å². The molecular formula is C25H25N3O5. The maximum Gasteiger partial charge on any atom is 0.287 e. The lowest BCUT2D eigenvalue weighted by Crippen LogP contribution is -2.51. The summed E-state index contributed by atoms with van der Waals surface area (Å²) in [7, 11) is 0. The van der Waals surface area contributed by atoms with Gasteiger partial charge in [-0.1, -0.05) is 48.5 Å². The van der Waals surface area contributed by atoms with Gasteiger partial charge in [0.15, 0.2) is 5.76 Å². The van der Waals surface area contributed by atoms with Crippen LogP contribution in [0.25, 0.3) is 11.0 Å². The Kier molecular flexibility index (Phi) is 6.83. The Bertz CT molecular complexity index is 1120. The molecule has 2 heterocycles. The zero-order valence-corrected chi connectivity index (χ0v) is 18.0. The summed E-state index contributed by atoms with van der Waals surface area (Å²) in [5.41, 5.74) is 1.42. The third-order valence-corrected chi connectivity index (χ3v) is 5.75. The van der Waals surface area contributed by atoms with Gasteiger partial charge in [0, 0.05) is 24.3 Å². The van der Waals surface area contributed by atoms with Crippen LogP contribution >= 0.6 is 0 Å². The van der Waals surface area contributed by atoms with Crippen molar-refractivity contribution >= 4 is 35.0 Å². The summed E-state index contributed by atoms with van der Waals surface area (Å²) in [5, 5.41) is 8.93. The Labute approximate surface area is 190 Å². The Morgan fingerprint density at radius 1 is 1.09 bits per heavy atom. The normalized spacial score (nSPS) is 17.2. The number of furan rings is 1. The lowest BCUT2D eigenvalue weighted by Gasteiger charge is -2.21. The predicted molar refractivity (Wildman–Crippen MR) is 121 cm³/mol. The van der Waals surface area contributed by atoms with Crippen molar-refractivity contribution in [1.82, 2.24) is 16.0 Å². The topological polar surface area (TPSA) is 118 Å². The molecule has 4 rings (SSSR count). The lowest BCUT2D eigenvalue weighted by atomic mass is 9.98. The van der Waals surface area contributed by atoms with Crippen molar-refractivity contribution in [2.45, 2.75) is 31.3 Å². The fraction of sp³-hybridized carbons (Fsp3) is 0.280. The Morgan fingerprint density at radius 2 is 1.85 bits per heavy atom. The van der Waals surface area contributed by atoms with E-state index >= 15 is 0 Å². The second-order valence-corrected chi connectivity index (χ2v) is 8.13. The molecule has 3 aromatic rings. The molecule has 33 heavy (non-hydrogen) atoms. The summed E-state index contributed by atoms with van der Waals surface area (Å²) < 4.78 is 5.62. The van der Waals surface area contributed by atoms with Crippen molar-refractivity contribution in [2.75, 3.05) is 6.54 Å².